The fourth-order valence-corrected chi connectivity index (χ4v) is 1.73. The molecule has 1 heterocycles. The van der Waals surface area contributed by atoms with Gasteiger partial charge in [-0.05, 0) is 6.07 Å². The first-order valence-corrected chi connectivity index (χ1v) is 6.23. The van der Waals surface area contributed by atoms with Gasteiger partial charge in [0.25, 0.3) is 0 Å². The van der Waals surface area contributed by atoms with Crippen molar-refractivity contribution in [3.63, 3.8) is 0 Å². The predicted octanol–water partition coefficient (Wildman–Crippen LogP) is 1.30. The van der Waals surface area contributed by atoms with E-state index in [2.05, 4.69) is 25.6 Å². The zero-order valence-electron chi connectivity index (χ0n) is 11.8. The molecule has 3 N–H and O–H groups in total. The molecule has 2 aromatic rings. The summed E-state index contributed by atoms with van der Waals surface area (Å²) in [5, 5.41) is 15.6. The molecule has 0 spiro atoms. The summed E-state index contributed by atoms with van der Waals surface area (Å²) in [6, 6.07) is 7.20. The van der Waals surface area contributed by atoms with Crippen molar-refractivity contribution in [1.29, 1.82) is 0 Å². The molecule has 0 amide bonds. The summed E-state index contributed by atoms with van der Waals surface area (Å²) in [5.74, 6) is 1.76. The van der Waals surface area contributed by atoms with Crippen molar-refractivity contribution in [2.75, 3.05) is 36.7 Å². The number of hydrogen-bond donors (Lipinski definition) is 3. The Hall–Kier alpha value is -2.57. The molecule has 0 aliphatic carbocycles. The van der Waals surface area contributed by atoms with E-state index in [1.807, 2.05) is 24.1 Å². The van der Waals surface area contributed by atoms with Gasteiger partial charge in [0.1, 0.15) is 5.75 Å². The normalized spacial score (nSPS) is 10.2. The van der Waals surface area contributed by atoms with Crippen molar-refractivity contribution in [1.82, 2.24) is 15.0 Å². The number of phenols is 1. The maximum atomic E-state index is 9.80. The molecule has 2 rings (SSSR count). The topological polar surface area (TPSA) is 86.2 Å². The second kappa shape index (κ2) is 6.05. The maximum absolute atomic E-state index is 9.80. The first kappa shape index (κ1) is 13.9. The number of aromatic hydroxyl groups is 1. The maximum Gasteiger partial charge on any atom is 0.231 e. The molecule has 0 radical (unpaired) electrons. The SMILES string of the molecule is CNc1nc(NC)nc(N(C)Cc2ccccc2O)n1. The Morgan fingerprint density at radius 2 is 1.65 bits per heavy atom. The van der Waals surface area contributed by atoms with Crippen LogP contribution in [0.5, 0.6) is 5.75 Å². The predicted molar refractivity (Wildman–Crippen MR) is 79.1 cm³/mol. The van der Waals surface area contributed by atoms with Gasteiger partial charge in [0.15, 0.2) is 0 Å². The molecule has 0 bridgehead atoms. The lowest BCUT2D eigenvalue weighted by Crippen LogP contribution is -2.20. The van der Waals surface area contributed by atoms with Crippen LogP contribution in [0.3, 0.4) is 0 Å². The zero-order valence-corrected chi connectivity index (χ0v) is 11.8. The third-order valence-corrected chi connectivity index (χ3v) is 2.81. The monoisotopic (exact) mass is 274 g/mol. The Labute approximate surface area is 117 Å². The van der Waals surface area contributed by atoms with Crippen molar-refractivity contribution in [2.45, 2.75) is 6.54 Å². The molecule has 7 heteroatoms. The molecule has 0 unspecified atom stereocenters. The van der Waals surface area contributed by atoms with E-state index in [1.165, 1.54) is 0 Å². The van der Waals surface area contributed by atoms with Crippen LogP contribution >= 0.6 is 0 Å². The van der Waals surface area contributed by atoms with Gasteiger partial charge in [0, 0.05) is 33.3 Å². The van der Waals surface area contributed by atoms with Crippen molar-refractivity contribution < 1.29 is 5.11 Å². The molecule has 0 saturated carbocycles. The summed E-state index contributed by atoms with van der Waals surface area (Å²) >= 11 is 0. The smallest absolute Gasteiger partial charge is 0.231 e. The molecule has 0 saturated heterocycles. The lowest BCUT2D eigenvalue weighted by molar-refractivity contribution is 0.467. The summed E-state index contributed by atoms with van der Waals surface area (Å²) in [7, 11) is 5.36. The second-order valence-electron chi connectivity index (χ2n) is 4.27. The summed E-state index contributed by atoms with van der Waals surface area (Å²) < 4.78 is 0. The van der Waals surface area contributed by atoms with E-state index in [4.69, 9.17) is 0 Å². The van der Waals surface area contributed by atoms with E-state index in [9.17, 15) is 5.11 Å². The summed E-state index contributed by atoms with van der Waals surface area (Å²) in [6.45, 7) is 0.503. The van der Waals surface area contributed by atoms with Gasteiger partial charge in [-0.1, -0.05) is 18.2 Å². The van der Waals surface area contributed by atoms with Crippen molar-refractivity contribution in [2.24, 2.45) is 0 Å². The van der Waals surface area contributed by atoms with Crippen LogP contribution in [0.15, 0.2) is 24.3 Å². The van der Waals surface area contributed by atoms with E-state index in [-0.39, 0.29) is 5.75 Å². The van der Waals surface area contributed by atoms with E-state index in [0.29, 0.717) is 24.4 Å². The molecule has 0 aliphatic heterocycles. The minimum absolute atomic E-state index is 0.260. The number of aromatic nitrogens is 3. The van der Waals surface area contributed by atoms with Gasteiger partial charge in [0.2, 0.25) is 17.8 Å². The van der Waals surface area contributed by atoms with Crippen molar-refractivity contribution >= 4 is 17.8 Å². The van der Waals surface area contributed by atoms with Crippen LogP contribution < -0.4 is 15.5 Å². The van der Waals surface area contributed by atoms with Gasteiger partial charge in [-0.2, -0.15) is 15.0 Å². The Balaban J connectivity index is 2.24. The average molecular weight is 274 g/mol. The molecular weight excluding hydrogens is 256 g/mol. The number of benzene rings is 1. The number of anilines is 3. The summed E-state index contributed by atoms with van der Waals surface area (Å²) in [5.41, 5.74) is 0.812. The summed E-state index contributed by atoms with van der Waals surface area (Å²) in [4.78, 5) is 14.6. The Kier molecular flexibility index (Phi) is 4.19. The van der Waals surface area contributed by atoms with E-state index in [0.717, 1.165) is 5.56 Å². The summed E-state index contributed by atoms with van der Waals surface area (Å²) in [6.07, 6.45) is 0. The average Bonchev–Trinajstić information content (AvgIpc) is 2.48. The molecular formula is C13H18N6O. The van der Waals surface area contributed by atoms with E-state index < -0.39 is 0 Å². The Morgan fingerprint density at radius 1 is 1.05 bits per heavy atom. The molecule has 106 valence electrons. The third kappa shape index (κ3) is 3.05. The van der Waals surface area contributed by atoms with Crippen LogP contribution in [0.25, 0.3) is 0 Å². The van der Waals surface area contributed by atoms with Gasteiger partial charge in [-0.3, -0.25) is 0 Å². The number of rotatable bonds is 5. The number of phenolic OH excluding ortho intramolecular Hbond substituents is 1. The number of nitrogens with one attached hydrogen (secondary N) is 2. The first-order chi connectivity index (χ1) is 9.63. The standard InChI is InChI=1S/C13H18N6O/c1-14-11-16-12(15-2)18-13(17-11)19(3)8-9-6-4-5-7-10(9)20/h4-7,20H,8H2,1-3H3,(H2,14,15,16,17,18). The lowest BCUT2D eigenvalue weighted by Gasteiger charge is -2.18. The molecule has 0 aliphatic rings. The van der Waals surface area contributed by atoms with E-state index in [1.54, 1.807) is 26.2 Å². The van der Waals surface area contributed by atoms with Crippen molar-refractivity contribution in [3.05, 3.63) is 29.8 Å². The van der Waals surface area contributed by atoms with Crippen molar-refractivity contribution in [3.8, 4) is 5.75 Å². The van der Waals surface area contributed by atoms with Gasteiger partial charge in [0.05, 0.1) is 0 Å². The van der Waals surface area contributed by atoms with Gasteiger partial charge < -0.3 is 20.6 Å². The molecule has 1 aromatic carbocycles. The van der Waals surface area contributed by atoms with Crippen LogP contribution in [0.2, 0.25) is 0 Å². The highest BCUT2D eigenvalue weighted by Crippen LogP contribution is 2.20. The van der Waals surface area contributed by atoms with Crippen LogP contribution in [0, 0.1) is 0 Å². The quantitative estimate of drug-likeness (QED) is 0.757. The molecule has 7 nitrogen and oxygen atoms in total. The van der Waals surface area contributed by atoms with Crippen LogP contribution in [0.1, 0.15) is 5.56 Å². The lowest BCUT2D eigenvalue weighted by atomic mass is 10.2. The zero-order chi connectivity index (χ0) is 14.5. The van der Waals surface area contributed by atoms with Gasteiger partial charge in [-0.15, -0.1) is 0 Å². The minimum Gasteiger partial charge on any atom is -0.508 e. The number of nitrogens with zero attached hydrogens (tertiary/aromatic N) is 4. The Morgan fingerprint density at radius 3 is 2.20 bits per heavy atom. The molecule has 20 heavy (non-hydrogen) atoms. The van der Waals surface area contributed by atoms with Crippen LogP contribution in [0.4, 0.5) is 17.8 Å². The third-order valence-electron chi connectivity index (χ3n) is 2.81. The highest BCUT2D eigenvalue weighted by Gasteiger charge is 2.11. The fraction of sp³-hybridized carbons (Fsp3) is 0.308. The highest BCUT2D eigenvalue weighted by atomic mass is 16.3. The van der Waals surface area contributed by atoms with Gasteiger partial charge in [-0.25, -0.2) is 0 Å². The van der Waals surface area contributed by atoms with Crippen LogP contribution in [-0.2, 0) is 6.54 Å². The fourth-order valence-electron chi connectivity index (χ4n) is 1.73. The highest BCUT2D eigenvalue weighted by molar-refractivity contribution is 5.44. The largest absolute Gasteiger partial charge is 0.508 e. The molecule has 0 fully saturated rings. The minimum atomic E-state index is 0.260. The molecule has 1 aromatic heterocycles. The Bertz CT molecular complexity index is 567. The molecule has 0 atom stereocenters. The van der Waals surface area contributed by atoms with Crippen LogP contribution in [-0.4, -0.2) is 41.2 Å². The van der Waals surface area contributed by atoms with E-state index >= 15 is 0 Å². The number of para-hydroxylation sites is 1. The second-order valence-corrected chi connectivity index (χ2v) is 4.27. The van der Waals surface area contributed by atoms with Gasteiger partial charge >= 0.3 is 0 Å². The number of hydrogen-bond acceptors (Lipinski definition) is 7. The first-order valence-electron chi connectivity index (χ1n) is 6.23.